The molecule has 6 heteroatoms. The zero-order valence-electron chi connectivity index (χ0n) is 11.6. The van der Waals surface area contributed by atoms with Crippen LogP contribution in [0.25, 0.3) is 0 Å². The molecule has 0 aromatic heterocycles. The molecule has 0 aromatic rings. The molecule has 0 aromatic carbocycles. The van der Waals surface area contributed by atoms with Gasteiger partial charge in [0.05, 0.1) is 6.04 Å². The van der Waals surface area contributed by atoms with Crippen molar-refractivity contribution in [3.63, 3.8) is 0 Å². The van der Waals surface area contributed by atoms with Crippen LogP contribution in [0.5, 0.6) is 0 Å². The van der Waals surface area contributed by atoms with E-state index in [1.807, 2.05) is 4.90 Å². The molecule has 2 rings (SSSR count). The van der Waals surface area contributed by atoms with E-state index in [1.54, 1.807) is 0 Å². The van der Waals surface area contributed by atoms with Gasteiger partial charge in [-0.05, 0) is 19.8 Å². The molecule has 0 bridgehead atoms. The lowest BCUT2D eigenvalue weighted by Crippen LogP contribution is -2.59. The summed E-state index contributed by atoms with van der Waals surface area (Å²) in [6, 6.07) is 0.221. The van der Waals surface area contributed by atoms with Crippen LogP contribution in [-0.4, -0.2) is 61.5 Å². The largest absolute Gasteiger partial charge is 0.354 e. The minimum atomic E-state index is -0.182. The number of rotatable bonds is 4. The third-order valence-electron chi connectivity index (χ3n) is 3.75. The Morgan fingerprint density at radius 1 is 1.21 bits per heavy atom. The highest BCUT2D eigenvalue weighted by atomic mass is 16.2. The molecule has 2 aliphatic heterocycles. The SMILES string of the molecule is CC1CNC(C(=O)NCCC(=O)N2CCCC2)CN1. The van der Waals surface area contributed by atoms with Crippen LogP contribution in [0.3, 0.4) is 0 Å². The number of hydrogen-bond donors (Lipinski definition) is 3. The average Bonchev–Trinajstić information content (AvgIpc) is 2.93. The predicted molar refractivity (Wildman–Crippen MR) is 72.7 cm³/mol. The molecule has 2 aliphatic rings. The maximum Gasteiger partial charge on any atom is 0.238 e. The molecule has 0 aliphatic carbocycles. The van der Waals surface area contributed by atoms with Crippen molar-refractivity contribution in [2.45, 2.75) is 38.3 Å². The highest BCUT2D eigenvalue weighted by Gasteiger charge is 2.23. The van der Waals surface area contributed by atoms with Crippen molar-refractivity contribution in [2.75, 3.05) is 32.7 Å². The zero-order valence-corrected chi connectivity index (χ0v) is 11.6. The Kier molecular flexibility index (Phi) is 5.15. The first-order valence-corrected chi connectivity index (χ1v) is 7.19. The average molecular weight is 268 g/mol. The number of nitrogens with one attached hydrogen (secondary N) is 3. The van der Waals surface area contributed by atoms with Crippen molar-refractivity contribution in [3.8, 4) is 0 Å². The van der Waals surface area contributed by atoms with Gasteiger partial charge >= 0.3 is 0 Å². The van der Waals surface area contributed by atoms with Gasteiger partial charge in [-0.25, -0.2) is 0 Å². The molecule has 2 heterocycles. The summed E-state index contributed by atoms with van der Waals surface area (Å²) in [4.78, 5) is 25.5. The summed E-state index contributed by atoms with van der Waals surface area (Å²) in [7, 11) is 0. The van der Waals surface area contributed by atoms with E-state index < -0.39 is 0 Å². The van der Waals surface area contributed by atoms with Crippen LogP contribution in [0.2, 0.25) is 0 Å². The van der Waals surface area contributed by atoms with Crippen molar-refractivity contribution >= 4 is 11.8 Å². The standard InChI is InChI=1S/C13H24N4O2/c1-10-8-16-11(9-15-10)13(19)14-5-4-12(18)17-6-2-3-7-17/h10-11,15-16H,2-9H2,1H3,(H,14,19). The molecule has 2 atom stereocenters. The number of nitrogens with zero attached hydrogens (tertiary/aromatic N) is 1. The number of likely N-dealkylation sites (tertiary alicyclic amines) is 1. The van der Waals surface area contributed by atoms with Crippen molar-refractivity contribution < 1.29 is 9.59 Å². The normalized spacial score (nSPS) is 27.3. The molecule has 2 saturated heterocycles. The summed E-state index contributed by atoms with van der Waals surface area (Å²) in [5.74, 6) is 0.134. The van der Waals surface area contributed by atoms with Crippen molar-refractivity contribution in [2.24, 2.45) is 0 Å². The van der Waals surface area contributed by atoms with Gasteiger partial charge in [-0.2, -0.15) is 0 Å². The van der Waals surface area contributed by atoms with Crippen molar-refractivity contribution in [3.05, 3.63) is 0 Å². The second-order valence-corrected chi connectivity index (χ2v) is 5.40. The van der Waals surface area contributed by atoms with E-state index in [9.17, 15) is 9.59 Å². The monoisotopic (exact) mass is 268 g/mol. The van der Waals surface area contributed by atoms with E-state index in [0.717, 1.165) is 32.5 Å². The van der Waals surface area contributed by atoms with Gasteiger partial charge in [0.1, 0.15) is 0 Å². The Morgan fingerprint density at radius 3 is 2.58 bits per heavy atom. The van der Waals surface area contributed by atoms with E-state index in [2.05, 4.69) is 22.9 Å². The molecule has 0 saturated carbocycles. The molecule has 2 unspecified atom stereocenters. The molecule has 0 radical (unpaired) electrons. The third-order valence-corrected chi connectivity index (χ3v) is 3.75. The van der Waals surface area contributed by atoms with E-state index in [0.29, 0.717) is 25.6 Å². The Bertz CT molecular complexity index is 321. The topological polar surface area (TPSA) is 73.5 Å². The Morgan fingerprint density at radius 2 is 1.95 bits per heavy atom. The smallest absolute Gasteiger partial charge is 0.238 e. The quantitative estimate of drug-likeness (QED) is 0.615. The fourth-order valence-electron chi connectivity index (χ4n) is 2.51. The second kappa shape index (κ2) is 6.86. The second-order valence-electron chi connectivity index (χ2n) is 5.40. The van der Waals surface area contributed by atoms with Crippen LogP contribution in [0.1, 0.15) is 26.2 Å². The number of hydrogen-bond acceptors (Lipinski definition) is 4. The van der Waals surface area contributed by atoms with Crippen LogP contribution in [0.15, 0.2) is 0 Å². The van der Waals surface area contributed by atoms with Crippen LogP contribution >= 0.6 is 0 Å². The number of piperazine rings is 1. The lowest BCUT2D eigenvalue weighted by molar-refractivity contribution is -0.130. The van der Waals surface area contributed by atoms with Gasteiger partial charge < -0.3 is 20.9 Å². The lowest BCUT2D eigenvalue weighted by atomic mass is 10.1. The summed E-state index contributed by atoms with van der Waals surface area (Å²) in [6.45, 7) is 5.70. The van der Waals surface area contributed by atoms with E-state index >= 15 is 0 Å². The predicted octanol–water partition coefficient (Wildman–Crippen LogP) is -0.935. The first kappa shape index (κ1) is 14.3. The van der Waals surface area contributed by atoms with Crippen molar-refractivity contribution in [1.82, 2.24) is 20.9 Å². The highest BCUT2D eigenvalue weighted by molar-refractivity contribution is 5.83. The summed E-state index contributed by atoms with van der Waals surface area (Å²) >= 11 is 0. The summed E-state index contributed by atoms with van der Waals surface area (Å²) in [5, 5.41) is 9.28. The molecular formula is C13H24N4O2. The molecule has 108 valence electrons. The highest BCUT2D eigenvalue weighted by Crippen LogP contribution is 2.08. The summed E-state index contributed by atoms with van der Waals surface area (Å²) < 4.78 is 0. The maximum absolute atomic E-state index is 11.9. The van der Waals surface area contributed by atoms with E-state index in [-0.39, 0.29) is 17.9 Å². The van der Waals surface area contributed by atoms with Gasteiger partial charge in [-0.15, -0.1) is 0 Å². The number of amides is 2. The first-order valence-electron chi connectivity index (χ1n) is 7.19. The molecule has 6 nitrogen and oxygen atoms in total. The lowest BCUT2D eigenvalue weighted by Gasteiger charge is -2.28. The van der Waals surface area contributed by atoms with Gasteiger partial charge in [0, 0.05) is 45.2 Å². The van der Waals surface area contributed by atoms with Crippen molar-refractivity contribution in [1.29, 1.82) is 0 Å². The zero-order chi connectivity index (χ0) is 13.7. The Hall–Kier alpha value is -1.14. The molecule has 19 heavy (non-hydrogen) atoms. The summed E-state index contributed by atoms with van der Waals surface area (Å²) in [6.07, 6.45) is 2.62. The van der Waals surface area contributed by atoms with Crippen LogP contribution in [0, 0.1) is 0 Å². The van der Waals surface area contributed by atoms with Gasteiger partial charge in [-0.3, -0.25) is 9.59 Å². The number of carbonyl (C=O) groups excluding carboxylic acids is 2. The molecular weight excluding hydrogens is 244 g/mol. The van der Waals surface area contributed by atoms with Crippen LogP contribution in [-0.2, 0) is 9.59 Å². The fourth-order valence-corrected chi connectivity index (χ4v) is 2.51. The van der Waals surface area contributed by atoms with E-state index in [4.69, 9.17) is 0 Å². The molecule has 2 amide bonds. The fraction of sp³-hybridized carbons (Fsp3) is 0.846. The summed E-state index contributed by atoms with van der Waals surface area (Å²) in [5.41, 5.74) is 0. The first-order chi connectivity index (χ1) is 9.16. The van der Waals surface area contributed by atoms with Crippen LogP contribution < -0.4 is 16.0 Å². The van der Waals surface area contributed by atoms with Gasteiger partial charge in [0.15, 0.2) is 0 Å². The minimum absolute atomic E-state index is 0.0198. The van der Waals surface area contributed by atoms with Gasteiger partial charge in [0.25, 0.3) is 0 Å². The van der Waals surface area contributed by atoms with Crippen LogP contribution in [0.4, 0.5) is 0 Å². The van der Waals surface area contributed by atoms with Gasteiger partial charge in [-0.1, -0.05) is 0 Å². The Balaban J connectivity index is 1.62. The minimum Gasteiger partial charge on any atom is -0.354 e. The molecule has 0 spiro atoms. The maximum atomic E-state index is 11.9. The molecule has 3 N–H and O–H groups in total. The Labute approximate surface area is 114 Å². The number of carbonyl (C=O) groups is 2. The van der Waals surface area contributed by atoms with E-state index in [1.165, 1.54) is 0 Å². The van der Waals surface area contributed by atoms with Gasteiger partial charge in [0.2, 0.25) is 11.8 Å². The molecule has 2 fully saturated rings. The third kappa shape index (κ3) is 4.18.